The maximum atomic E-state index is 13.1. The zero-order valence-corrected chi connectivity index (χ0v) is 16.6. The number of piperidine rings is 1. The van der Waals surface area contributed by atoms with Crippen LogP contribution in [0.4, 0.5) is 5.13 Å². The molecule has 7 nitrogen and oxygen atoms in total. The first-order valence-electron chi connectivity index (χ1n) is 10.1. The average molecular weight is 400 g/mol. The zero-order chi connectivity index (χ0) is 19.1. The number of nitrogens with one attached hydrogen (secondary N) is 2. The van der Waals surface area contributed by atoms with Crippen molar-refractivity contribution in [3.05, 3.63) is 45.3 Å². The Kier molecular flexibility index (Phi) is 4.68. The lowest BCUT2D eigenvalue weighted by molar-refractivity contribution is -0.127. The highest BCUT2D eigenvalue weighted by Crippen LogP contribution is 2.38. The molecule has 0 radical (unpaired) electrons. The molecule has 5 rings (SSSR count). The minimum absolute atomic E-state index is 0.0840. The molecule has 0 saturated carbocycles. The van der Waals surface area contributed by atoms with Crippen molar-refractivity contribution in [3.8, 4) is 0 Å². The first-order chi connectivity index (χ1) is 13.7. The zero-order valence-electron chi connectivity index (χ0n) is 15.8. The molecule has 0 aromatic carbocycles. The van der Waals surface area contributed by atoms with E-state index in [1.807, 2.05) is 11.4 Å². The van der Waals surface area contributed by atoms with E-state index in [0.717, 1.165) is 49.1 Å². The fourth-order valence-electron chi connectivity index (χ4n) is 4.84. The molecule has 8 heteroatoms. The summed E-state index contributed by atoms with van der Waals surface area (Å²) < 4.78 is 1.73. The number of pyridine rings is 1. The standard InChI is InChI=1S/C20H25N5O2S/c26-17-5-3-4-16-13-8-14(10-21-9-13)18(25(16)17)19(27)22-11-15-12-28-20(23-15)24-6-1-2-7-24/h3-5,12-14,18,21H,1-2,6-11H2,(H,22,27)/t13-,14+,18-/m1/s1. The van der Waals surface area contributed by atoms with Crippen molar-refractivity contribution in [3.63, 3.8) is 0 Å². The van der Waals surface area contributed by atoms with Gasteiger partial charge in [-0.3, -0.25) is 14.2 Å². The van der Waals surface area contributed by atoms with Gasteiger partial charge in [0.05, 0.1) is 12.2 Å². The van der Waals surface area contributed by atoms with Gasteiger partial charge in [0, 0.05) is 55.2 Å². The highest BCUT2D eigenvalue weighted by molar-refractivity contribution is 7.13. The van der Waals surface area contributed by atoms with Crippen LogP contribution in [0.5, 0.6) is 0 Å². The number of rotatable bonds is 4. The van der Waals surface area contributed by atoms with Crippen LogP contribution in [-0.4, -0.2) is 41.6 Å². The van der Waals surface area contributed by atoms with Crippen LogP contribution >= 0.6 is 11.3 Å². The predicted octanol–water partition coefficient (Wildman–Crippen LogP) is 1.47. The number of hydrogen-bond donors (Lipinski definition) is 2. The molecule has 5 heterocycles. The van der Waals surface area contributed by atoms with Crippen molar-refractivity contribution in [2.24, 2.45) is 5.92 Å². The Morgan fingerprint density at radius 1 is 1.29 bits per heavy atom. The quantitative estimate of drug-likeness (QED) is 0.814. The molecular formula is C20H25N5O2S. The SMILES string of the molecule is O=C(NCc1csc(N2CCCC2)n1)[C@H]1[C@@H]2CNC[C@@H](C2)c2cccc(=O)n21. The molecule has 3 aliphatic rings. The van der Waals surface area contributed by atoms with Gasteiger partial charge in [0.1, 0.15) is 6.04 Å². The molecule has 2 bridgehead atoms. The van der Waals surface area contributed by atoms with Gasteiger partial charge < -0.3 is 15.5 Å². The van der Waals surface area contributed by atoms with E-state index in [1.165, 1.54) is 12.8 Å². The highest BCUT2D eigenvalue weighted by atomic mass is 32.1. The van der Waals surface area contributed by atoms with Crippen molar-refractivity contribution in [1.29, 1.82) is 0 Å². The maximum Gasteiger partial charge on any atom is 0.251 e. The molecule has 2 aromatic rings. The summed E-state index contributed by atoms with van der Waals surface area (Å²) in [6, 6.07) is 4.89. The van der Waals surface area contributed by atoms with Gasteiger partial charge in [0.25, 0.3) is 5.56 Å². The topological polar surface area (TPSA) is 79.3 Å². The van der Waals surface area contributed by atoms with Crippen molar-refractivity contribution >= 4 is 22.4 Å². The Bertz CT molecular complexity index is 933. The summed E-state index contributed by atoms with van der Waals surface area (Å²) in [5.41, 5.74) is 1.77. The Hall–Kier alpha value is -2.19. The molecule has 1 amide bonds. The van der Waals surface area contributed by atoms with Crippen LogP contribution in [0.3, 0.4) is 0 Å². The van der Waals surface area contributed by atoms with Gasteiger partial charge in [0.15, 0.2) is 5.13 Å². The van der Waals surface area contributed by atoms with Crippen LogP contribution in [0.2, 0.25) is 0 Å². The molecule has 3 aliphatic heterocycles. The number of nitrogens with zero attached hydrogens (tertiary/aromatic N) is 3. The fourth-order valence-corrected chi connectivity index (χ4v) is 5.72. The lowest BCUT2D eigenvalue weighted by Crippen LogP contribution is -2.52. The normalized spacial score (nSPS) is 26.1. The lowest BCUT2D eigenvalue weighted by atomic mass is 9.79. The van der Waals surface area contributed by atoms with Crippen LogP contribution in [0.25, 0.3) is 0 Å². The van der Waals surface area contributed by atoms with Gasteiger partial charge in [-0.15, -0.1) is 11.3 Å². The summed E-state index contributed by atoms with van der Waals surface area (Å²) in [5.74, 6) is 0.359. The number of anilines is 1. The van der Waals surface area contributed by atoms with Gasteiger partial charge in [-0.25, -0.2) is 4.98 Å². The number of aromatic nitrogens is 2. The van der Waals surface area contributed by atoms with E-state index in [4.69, 9.17) is 0 Å². The largest absolute Gasteiger partial charge is 0.349 e. The van der Waals surface area contributed by atoms with Gasteiger partial charge in [-0.2, -0.15) is 0 Å². The van der Waals surface area contributed by atoms with Gasteiger partial charge >= 0.3 is 0 Å². The van der Waals surface area contributed by atoms with E-state index in [-0.39, 0.29) is 17.4 Å². The Morgan fingerprint density at radius 2 is 2.14 bits per heavy atom. The number of amides is 1. The van der Waals surface area contributed by atoms with Crippen LogP contribution in [0, 0.1) is 5.92 Å². The number of carbonyl (C=O) groups excluding carboxylic acids is 1. The maximum absolute atomic E-state index is 13.1. The van der Waals surface area contributed by atoms with Crippen LogP contribution in [0.1, 0.15) is 42.6 Å². The van der Waals surface area contributed by atoms with E-state index in [2.05, 4.69) is 20.5 Å². The molecule has 2 saturated heterocycles. The van der Waals surface area contributed by atoms with Gasteiger partial charge in [-0.05, 0) is 25.3 Å². The van der Waals surface area contributed by atoms with E-state index < -0.39 is 6.04 Å². The first-order valence-corrected chi connectivity index (χ1v) is 11.0. The molecule has 2 fully saturated rings. The summed E-state index contributed by atoms with van der Waals surface area (Å²) in [5, 5.41) is 9.53. The molecule has 0 unspecified atom stereocenters. The predicted molar refractivity (Wildman–Crippen MR) is 109 cm³/mol. The van der Waals surface area contributed by atoms with Gasteiger partial charge in [0.2, 0.25) is 5.91 Å². The minimum atomic E-state index is -0.454. The van der Waals surface area contributed by atoms with Crippen LogP contribution in [0.15, 0.2) is 28.4 Å². The average Bonchev–Trinajstić information content (AvgIpc) is 3.39. The first kappa shape index (κ1) is 17.9. The van der Waals surface area contributed by atoms with E-state index in [1.54, 1.807) is 28.0 Å². The van der Waals surface area contributed by atoms with E-state index >= 15 is 0 Å². The molecule has 3 atom stereocenters. The second-order valence-corrected chi connectivity index (χ2v) is 8.82. The second kappa shape index (κ2) is 7.33. The molecule has 2 N–H and O–H groups in total. The molecule has 2 aromatic heterocycles. The van der Waals surface area contributed by atoms with E-state index in [0.29, 0.717) is 12.5 Å². The van der Waals surface area contributed by atoms with Crippen molar-refractivity contribution in [2.45, 2.75) is 37.8 Å². The van der Waals surface area contributed by atoms with Crippen molar-refractivity contribution in [2.75, 3.05) is 31.1 Å². The molecule has 0 spiro atoms. The Morgan fingerprint density at radius 3 is 3.00 bits per heavy atom. The molecular weight excluding hydrogens is 374 g/mol. The number of fused-ring (bicyclic) bond motifs is 4. The van der Waals surface area contributed by atoms with Crippen LogP contribution in [-0.2, 0) is 11.3 Å². The van der Waals surface area contributed by atoms with Crippen molar-refractivity contribution < 1.29 is 4.79 Å². The summed E-state index contributed by atoms with van der Waals surface area (Å²) in [6.07, 6.45) is 3.39. The Balaban J connectivity index is 1.34. The smallest absolute Gasteiger partial charge is 0.251 e. The third-order valence-electron chi connectivity index (χ3n) is 6.18. The third kappa shape index (κ3) is 3.14. The summed E-state index contributed by atoms with van der Waals surface area (Å²) in [7, 11) is 0. The summed E-state index contributed by atoms with van der Waals surface area (Å²) in [4.78, 5) is 32.7. The van der Waals surface area contributed by atoms with Crippen LogP contribution < -0.4 is 21.1 Å². The number of carbonyl (C=O) groups is 1. The second-order valence-electron chi connectivity index (χ2n) is 7.99. The molecule has 28 heavy (non-hydrogen) atoms. The van der Waals surface area contributed by atoms with Crippen molar-refractivity contribution in [1.82, 2.24) is 20.2 Å². The minimum Gasteiger partial charge on any atom is -0.349 e. The lowest BCUT2D eigenvalue weighted by Gasteiger charge is -2.42. The van der Waals surface area contributed by atoms with E-state index in [9.17, 15) is 9.59 Å². The third-order valence-corrected chi connectivity index (χ3v) is 7.13. The number of thiazole rings is 1. The fraction of sp³-hybridized carbons (Fsp3) is 0.550. The monoisotopic (exact) mass is 399 g/mol. The number of hydrogen-bond acceptors (Lipinski definition) is 6. The molecule has 0 aliphatic carbocycles. The summed E-state index contributed by atoms with van der Waals surface area (Å²) in [6.45, 7) is 4.17. The highest BCUT2D eigenvalue weighted by Gasteiger charge is 2.41. The Labute approximate surface area is 167 Å². The summed E-state index contributed by atoms with van der Waals surface area (Å²) >= 11 is 1.64. The molecule has 148 valence electrons. The van der Waals surface area contributed by atoms with Gasteiger partial charge in [-0.1, -0.05) is 6.07 Å².